The zero-order valence-corrected chi connectivity index (χ0v) is 13.3. The number of hydrogen-bond acceptors (Lipinski definition) is 2. The van der Waals surface area contributed by atoms with Crippen LogP contribution in [0.2, 0.25) is 0 Å². The van der Waals surface area contributed by atoms with Gasteiger partial charge in [-0.25, -0.2) is 4.39 Å². The topological polar surface area (TPSA) is 33.1 Å². The molecule has 0 fully saturated rings. The first-order valence-corrected chi connectivity index (χ1v) is 7.60. The number of rotatable bonds is 2. The van der Waals surface area contributed by atoms with Crippen LogP contribution in [0.25, 0.3) is 0 Å². The van der Waals surface area contributed by atoms with Gasteiger partial charge in [0.15, 0.2) is 0 Å². The van der Waals surface area contributed by atoms with Gasteiger partial charge < -0.3 is 5.11 Å². The highest BCUT2D eigenvalue weighted by Crippen LogP contribution is 2.51. The van der Waals surface area contributed by atoms with Crippen molar-refractivity contribution in [3.05, 3.63) is 64.2 Å². The second-order valence-corrected chi connectivity index (χ2v) is 6.79. The van der Waals surface area contributed by atoms with Gasteiger partial charge in [0.2, 0.25) is 0 Å². The summed E-state index contributed by atoms with van der Waals surface area (Å²) < 4.78 is 54.1. The summed E-state index contributed by atoms with van der Waals surface area (Å²) in [5.41, 5.74) is 0.336. The summed E-state index contributed by atoms with van der Waals surface area (Å²) in [5.74, 6) is -1.05. The van der Waals surface area contributed by atoms with Gasteiger partial charge in [0.1, 0.15) is 5.82 Å². The van der Waals surface area contributed by atoms with Crippen LogP contribution in [0.4, 0.5) is 17.6 Å². The van der Waals surface area contributed by atoms with E-state index in [1.807, 2.05) is 13.8 Å². The molecule has 0 saturated carbocycles. The minimum absolute atomic E-state index is 0.0964. The Kier molecular flexibility index (Phi) is 3.91. The molecular weight excluding hydrogens is 322 g/mol. The number of pyridine rings is 1. The van der Waals surface area contributed by atoms with Gasteiger partial charge in [-0.05, 0) is 46.7 Å². The lowest BCUT2D eigenvalue weighted by molar-refractivity contribution is -0.138. The number of nitrogens with zero attached hydrogens (tertiary/aromatic N) is 1. The molecule has 0 spiro atoms. The van der Waals surface area contributed by atoms with Crippen molar-refractivity contribution in [2.45, 2.75) is 44.4 Å². The second kappa shape index (κ2) is 5.55. The molecule has 0 aliphatic heterocycles. The Morgan fingerprint density at radius 3 is 2.58 bits per heavy atom. The standard InChI is InChI=1S/C18H17F4NO/c1-17(2)7-13(11-3-4-23-8-15(11)18(20,21)22)12-5-10(9-24)16(19)6-14(12)17/h3-6,8,13,24H,7,9H2,1-2H3. The van der Waals surface area contributed by atoms with Crippen molar-refractivity contribution in [3.8, 4) is 0 Å². The van der Waals surface area contributed by atoms with E-state index in [1.165, 1.54) is 24.4 Å². The van der Waals surface area contributed by atoms with Crippen LogP contribution in [0.5, 0.6) is 0 Å². The Balaban J connectivity index is 2.21. The quantitative estimate of drug-likeness (QED) is 0.815. The lowest BCUT2D eigenvalue weighted by Gasteiger charge is -2.21. The summed E-state index contributed by atoms with van der Waals surface area (Å²) in [4.78, 5) is 3.60. The molecule has 1 heterocycles. The molecule has 1 unspecified atom stereocenters. The van der Waals surface area contributed by atoms with Crippen LogP contribution in [-0.4, -0.2) is 10.1 Å². The number of aromatic nitrogens is 1. The van der Waals surface area contributed by atoms with Crippen molar-refractivity contribution < 1.29 is 22.7 Å². The number of halogens is 4. The predicted molar refractivity (Wildman–Crippen MR) is 81.0 cm³/mol. The van der Waals surface area contributed by atoms with Crippen molar-refractivity contribution in [3.63, 3.8) is 0 Å². The van der Waals surface area contributed by atoms with Crippen LogP contribution in [0.3, 0.4) is 0 Å². The Morgan fingerprint density at radius 1 is 1.25 bits per heavy atom. The number of benzene rings is 1. The molecule has 0 saturated heterocycles. The average molecular weight is 339 g/mol. The molecule has 0 bridgehead atoms. The molecule has 24 heavy (non-hydrogen) atoms. The SMILES string of the molecule is CC1(C)CC(c2ccncc2C(F)(F)F)c2cc(CO)c(F)cc21. The maximum atomic E-state index is 14.0. The first-order chi connectivity index (χ1) is 11.1. The van der Waals surface area contributed by atoms with E-state index in [0.717, 1.165) is 6.20 Å². The third-order valence-corrected chi connectivity index (χ3v) is 4.74. The molecule has 1 aromatic carbocycles. The normalized spacial score (nSPS) is 19.4. The van der Waals surface area contributed by atoms with Crippen molar-refractivity contribution in [2.75, 3.05) is 0 Å². The highest BCUT2D eigenvalue weighted by atomic mass is 19.4. The van der Waals surface area contributed by atoms with Gasteiger partial charge in [-0.15, -0.1) is 0 Å². The van der Waals surface area contributed by atoms with Crippen molar-refractivity contribution in [1.82, 2.24) is 4.98 Å². The zero-order valence-electron chi connectivity index (χ0n) is 13.3. The molecule has 1 aromatic heterocycles. The molecule has 0 radical (unpaired) electrons. The minimum atomic E-state index is -4.50. The van der Waals surface area contributed by atoms with Crippen LogP contribution in [0.1, 0.15) is 54.0 Å². The molecule has 0 amide bonds. The van der Waals surface area contributed by atoms with E-state index in [0.29, 0.717) is 17.5 Å². The van der Waals surface area contributed by atoms with Gasteiger partial charge in [-0.2, -0.15) is 13.2 Å². The van der Waals surface area contributed by atoms with E-state index < -0.39 is 35.5 Å². The average Bonchev–Trinajstić information content (AvgIpc) is 2.77. The largest absolute Gasteiger partial charge is 0.418 e. The van der Waals surface area contributed by atoms with Crippen LogP contribution in [-0.2, 0) is 18.2 Å². The van der Waals surface area contributed by atoms with Crippen LogP contribution < -0.4 is 0 Å². The number of alkyl halides is 3. The highest BCUT2D eigenvalue weighted by Gasteiger charge is 2.42. The van der Waals surface area contributed by atoms with E-state index >= 15 is 0 Å². The Hall–Kier alpha value is -1.95. The van der Waals surface area contributed by atoms with Gasteiger partial charge in [0.25, 0.3) is 0 Å². The van der Waals surface area contributed by atoms with E-state index in [9.17, 15) is 22.7 Å². The molecular formula is C18H17F4NO. The smallest absolute Gasteiger partial charge is 0.392 e. The van der Waals surface area contributed by atoms with Gasteiger partial charge in [0, 0.05) is 23.9 Å². The minimum Gasteiger partial charge on any atom is -0.392 e. The number of aliphatic hydroxyl groups excluding tert-OH is 1. The number of hydrogen-bond donors (Lipinski definition) is 1. The van der Waals surface area contributed by atoms with Crippen LogP contribution >= 0.6 is 0 Å². The lowest BCUT2D eigenvalue weighted by atomic mass is 9.84. The molecule has 2 aromatic rings. The number of fused-ring (bicyclic) bond motifs is 1. The van der Waals surface area contributed by atoms with Gasteiger partial charge in [-0.1, -0.05) is 13.8 Å². The third-order valence-electron chi connectivity index (χ3n) is 4.74. The Labute approximate surface area is 137 Å². The molecule has 6 heteroatoms. The van der Waals surface area contributed by atoms with E-state index in [2.05, 4.69) is 4.98 Å². The van der Waals surface area contributed by atoms with Gasteiger partial charge in [-0.3, -0.25) is 4.98 Å². The summed E-state index contributed by atoms with van der Waals surface area (Å²) in [6, 6.07) is 4.21. The fraction of sp³-hybridized carbons (Fsp3) is 0.389. The van der Waals surface area contributed by atoms with Gasteiger partial charge >= 0.3 is 6.18 Å². The van der Waals surface area contributed by atoms with E-state index in [4.69, 9.17) is 0 Å². The van der Waals surface area contributed by atoms with Crippen LogP contribution in [0, 0.1) is 5.82 Å². The van der Waals surface area contributed by atoms with Crippen molar-refractivity contribution in [2.24, 2.45) is 0 Å². The van der Waals surface area contributed by atoms with E-state index in [1.54, 1.807) is 0 Å². The predicted octanol–water partition coefficient (Wildman–Crippen LogP) is 4.55. The summed E-state index contributed by atoms with van der Waals surface area (Å²) >= 11 is 0. The van der Waals surface area contributed by atoms with Crippen molar-refractivity contribution >= 4 is 0 Å². The first kappa shape index (κ1) is 16.9. The Morgan fingerprint density at radius 2 is 1.96 bits per heavy atom. The molecule has 1 N–H and O–H groups in total. The maximum absolute atomic E-state index is 14.0. The summed E-state index contributed by atoms with van der Waals surface area (Å²) in [7, 11) is 0. The molecule has 1 atom stereocenters. The molecule has 1 aliphatic rings. The summed E-state index contributed by atoms with van der Waals surface area (Å²) in [5, 5.41) is 9.29. The molecule has 128 valence electrons. The Bertz CT molecular complexity index is 783. The summed E-state index contributed by atoms with van der Waals surface area (Å²) in [6.45, 7) is 3.28. The third kappa shape index (κ3) is 2.69. The fourth-order valence-corrected chi connectivity index (χ4v) is 3.59. The molecule has 2 nitrogen and oxygen atoms in total. The molecule has 3 rings (SSSR count). The second-order valence-electron chi connectivity index (χ2n) is 6.79. The maximum Gasteiger partial charge on any atom is 0.418 e. The fourth-order valence-electron chi connectivity index (χ4n) is 3.59. The monoisotopic (exact) mass is 339 g/mol. The summed E-state index contributed by atoms with van der Waals surface area (Å²) in [6.07, 6.45) is -1.90. The van der Waals surface area contributed by atoms with E-state index in [-0.39, 0.29) is 11.1 Å². The zero-order chi connectivity index (χ0) is 17.7. The van der Waals surface area contributed by atoms with Gasteiger partial charge in [0.05, 0.1) is 12.2 Å². The number of aliphatic hydroxyl groups is 1. The highest BCUT2D eigenvalue weighted by molar-refractivity contribution is 5.50. The first-order valence-electron chi connectivity index (χ1n) is 7.60. The van der Waals surface area contributed by atoms with Crippen LogP contribution in [0.15, 0.2) is 30.6 Å². The van der Waals surface area contributed by atoms with Crippen molar-refractivity contribution in [1.29, 1.82) is 0 Å². The lowest BCUT2D eigenvalue weighted by Crippen LogP contribution is -2.15. The molecule has 1 aliphatic carbocycles.